The quantitative estimate of drug-likeness (QED) is 0.527. The van der Waals surface area contributed by atoms with E-state index in [2.05, 4.69) is 0 Å². The molecule has 1 aliphatic heterocycles. The highest BCUT2D eigenvalue weighted by molar-refractivity contribution is 5.94. The molecule has 18 heavy (non-hydrogen) atoms. The van der Waals surface area contributed by atoms with Crippen LogP contribution in [0.15, 0.2) is 12.3 Å². The van der Waals surface area contributed by atoms with Crippen LogP contribution in [-0.4, -0.2) is 47.8 Å². The second-order valence-corrected chi connectivity index (χ2v) is 4.80. The lowest BCUT2D eigenvalue weighted by Gasteiger charge is -2.23. The van der Waals surface area contributed by atoms with Crippen LogP contribution in [-0.2, 0) is 14.3 Å². The number of ether oxygens (including phenoxy) is 1. The largest absolute Gasteiger partial charge is 0.390 e. The van der Waals surface area contributed by atoms with E-state index in [1.165, 1.54) is 6.08 Å². The van der Waals surface area contributed by atoms with Gasteiger partial charge >= 0.3 is 0 Å². The van der Waals surface area contributed by atoms with Crippen molar-refractivity contribution >= 4 is 12.3 Å². The van der Waals surface area contributed by atoms with E-state index in [1.54, 1.807) is 11.1 Å². The lowest BCUT2D eigenvalue weighted by molar-refractivity contribution is -0.121. The van der Waals surface area contributed by atoms with Gasteiger partial charge in [-0.05, 0) is 25.2 Å². The maximum atomic E-state index is 11.1. The van der Waals surface area contributed by atoms with Crippen molar-refractivity contribution in [2.75, 3.05) is 7.05 Å². The summed E-state index contributed by atoms with van der Waals surface area (Å²) in [5.41, 5.74) is 0. The van der Waals surface area contributed by atoms with Crippen LogP contribution in [0.2, 0.25) is 0 Å². The average Bonchev–Trinajstić information content (AvgIpc) is 2.89. The zero-order chi connectivity index (χ0) is 13.1. The molecule has 4 unspecified atom stereocenters. The van der Waals surface area contributed by atoms with Crippen molar-refractivity contribution in [1.82, 2.24) is 10.2 Å². The summed E-state index contributed by atoms with van der Waals surface area (Å²) in [5, 5.41) is 11.7. The number of nitrogens with zero attached hydrogens (tertiary/aromatic N) is 1. The third-order valence-electron chi connectivity index (χ3n) is 3.61. The number of fused-ring (bicyclic) bond motifs is 1. The molecule has 4 atom stereocenters. The third kappa shape index (κ3) is 2.70. The van der Waals surface area contributed by atoms with Gasteiger partial charge in [0.2, 0.25) is 6.41 Å². The fraction of sp³-hybridized carbons (Fsp3) is 0.667. The lowest BCUT2D eigenvalue weighted by Crippen LogP contribution is -2.31. The minimum atomic E-state index is -0.463. The Morgan fingerprint density at radius 3 is 2.94 bits per heavy atom. The van der Waals surface area contributed by atoms with Gasteiger partial charge in [0.05, 0.1) is 12.2 Å². The smallest absolute Gasteiger partial charge is 0.251 e. The molecule has 6 nitrogen and oxygen atoms in total. The number of carbonyl (C=O) groups excluding carboxylic acids is 2. The van der Waals surface area contributed by atoms with Gasteiger partial charge in [0, 0.05) is 19.3 Å². The van der Waals surface area contributed by atoms with Gasteiger partial charge in [-0.1, -0.05) is 0 Å². The highest BCUT2D eigenvalue weighted by Crippen LogP contribution is 2.39. The standard InChI is InChI=1S/C12H18N2O4/c1-14(5-4-10(17)13-7-15)11-6-8-2-3-9(16)12(8)18-11/h4-5,7-9,11-12,16H,2-3,6H2,1H3,(H,13,15,17)/b5-4-. The van der Waals surface area contributed by atoms with Gasteiger partial charge in [-0.25, -0.2) is 0 Å². The number of hydrogen-bond acceptors (Lipinski definition) is 5. The van der Waals surface area contributed by atoms with Crippen LogP contribution in [0.1, 0.15) is 19.3 Å². The Morgan fingerprint density at radius 2 is 2.28 bits per heavy atom. The van der Waals surface area contributed by atoms with Crippen molar-refractivity contribution in [1.29, 1.82) is 0 Å². The third-order valence-corrected chi connectivity index (χ3v) is 3.61. The average molecular weight is 254 g/mol. The van der Waals surface area contributed by atoms with E-state index in [1.807, 2.05) is 12.4 Å². The molecule has 2 aliphatic rings. The maximum absolute atomic E-state index is 11.1. The zero-order valence-electron chi connectivity index (χ0n) is 10.3. The normalized spacial score (nSPS) is 34.6. The summed E-state index contributed by atoms with van der Waals surface area (Å²) in [6.45, 7) is 0. The molecule has 2 amide bonds. The van der Waals surface area contributed by atoms with Crippen molar-refractivity contribution in [3.8, 4) is 0 Å². The van der Waals surface area contributed by atoms with Crippen LogP contribution in [0.5, 0.6) is 0 Å². The van der Waals surface area contributed by atoms with E-state index in [0.717, 1.165) is 19.3 Å². The molecule has 100 valence electrons. The molecule has 1 saturated carbocycles. The second-order valence-electron chi connectivity index (χ2n) is 4.80. The molecule has 0 aromatic carbocycles. The van der Waals surface area contributed by atoms with Crippen LogP contribution in [0.3, 0.4) is 0 Å². The van der Waals surface area contributed by atoms with E-state index in [4.69, 9.17) is 4.74 Å². The van der Waals surface area contributed by atoms with Crippen LogP contribution < -0.4 is 5.32 Å². The van der Waals surface area contributed by atoms with Crippen molar-refractivity contribution in [3.63, 3.8) is 0 Å². The number of aliphatic hydroxyl groups excluding tert-OH is 1. The molecule has 1 aliphatic carbocycles. The van der Waals surface area contributed by atoms with Crippen molar-refractivity contribution < 1.29 is 19.4 Å². The Kier molecular flexibility index (Phi) is 3.98. The number of hydrogen-bond donors (Lipinski definition) is 2. The number of nitrogens with one attached hydrogen (secondary N) is 1. The first-order valence-corrected chi connectivity index (χ1v) is 6.09. The van der Waals surface area contributed by atoms with Gasteiger partial charge in [-0.2, -0.15) is 0 Å². The molecule has 2 N–H and O–H groups in total. The molecule has 2 rings (SSSR count). The molecular formula is C12H18N2O4. The number of aliphatic hydroxyl groups is 1. The van der Waals surface area contributed by atoms with E-state index >= 15 is 0 Å². The van der Waals surface area contributed by atoms with Gasteiger partial charge < -0.3 is 14.7 Å². The Balaban J connectivity index is 1.86. The van der Waals surface area contributed by atoms with E-state index in [0.29, 0.717) is 12.3 Å². The minimum Gasteiger partial charge on any atom is -0.390 e. The van der Waals surface area contributed by atoms with Crippen LogP contribution in [0, 0.1) is 5.92 Å². The molecule has 0 aromatic heterocycles. The van der Waals surface area contributed by atoms with Crippen LogP contribution in [0.4, 0.5) is 0 Å². The Hall–Kier alpha value is -1.40. The molecule has 0 bridgehead atoms. The van der Waals surface area contributed by atoms with E-state index in [-0.39, 0.29) is 18.4 Å². The monoisotopic (exact) mass is 254 g/mol. The molecule has 6 heteroatoms. The fourth-order valence-corrected chi connectivity index (χ4v) is 2.63. The van der Waals surface area contributed by atoms with Crippen LogP contribution >= 0.6 is 0 Å². The van der Waals surface area contributed by atoms with Gasteiger partial charge in [0.15, 0.2) is 0 Å². The predicted molar refractivity (Wildman–Crippen MR) is 63.1 cm³/mol. The maximum Gasteiger partial charge on any atom is 0.251 e. The second kappa shape index (κ2) is 5.49. The van der Waals surface area contributed by atoms with Gasteiger partial charge in [0.1, 0.15) is 6.23 Å². The Labute approximate surface area is 106 Å². The summed E-state index contributed by atoms with van der Waals surface area (Å²) in [6.07, 6.45) is 5.31. The first-order chi connectivity index (χ1) is 8.61. The van der Waals surface area contributed by atoms with Gasteiger partial charge in [-0.3, -0.25) is 14.9 Å². The van der Waals surface area contributed by atoms with E-state index in [9.17, 15) is 14.7 Å². The molecule has 1 heterocycles. The van der Waals surface area contributed by atoms with Gasteiger partial charge in [-0.15, -0.1) is 0 Å². The number of amides is 2. The van der Waals surface area contributed by atoms with Crippen molar-refractivity contribution in [2.24, 2.45) is 5.92 Å². The minimum absolute atomic E-state index is 0.0744. The summed E-state index contributed by atoms with van der Waals surface area (Å²) < 4.78 is 5.78. The number of rotatable bonds is 4. The van der Waals surface area contributed by atoms with Gasteiger partial charge in [0.25, 0.3) is 5.91 Å². The highest BCUT2D eigenvalue weighted by Gasteiger charge is 2.44. The summed E-state index contributed by atoms with van der Waals surface area (Å²) in [6, 6.07) is 0. The van der Waals surface area contributed by atoms with Crippen molar-refractivity contribution in [3.05, 3.63) is 12.3 Å². The molecule has 0 aromatic rings. The van der Waals surface area contributed by atoms with E-state index < -0.39 is 5.91 Å². The number of imide groups is 1. The first kappa shape index (κ1) is 13.0. The highest BCUT2D eigenvalue weighted by atomic mass is 16.5. The summed E-state index contributed by atoms with van der Waals surface area (Å²) >= 11 is 0. The molecule has 0 spiro atoms. The summed E-state index contributed by atoms with van der Waals surface area (Å²) in [4.78, 5) is 22.9. The predicted octanol–water partition coefficient (Wildman–Crippen LogP) is -0.410. The molecule has 1 saturated heterocycles. The summed E-state index contributed by atoms with van der Waals surface area (Å²) in [7, 11) is 1.81. The SMILES string of the molecule is CN(/C=C\C(=O)NC=O)C1CC2CCC(O)C2O1. The van der Waals surface area contributed by atoms with Crippen molar-refractivity contribution in [2.45, 2.75) is 37.7 Å². The zero-order valence-corrected chi connectivity index (χ0v) is 10.3. The summed E-state index contributed by atoms with van der Waals surface area (Å²) in [5.74, 6) is -0.0558. The topological polar surface area (TPSA) is 78.9 Å². The number of carbonyl (C=O) groups is 2. The van der Waals surface area contributed by atoms with Crippen LogP contribution in [0.25, 0.3) is 0 Å². The Bertz CT molecular complexity index is 358. The Morgan fingerprint density at radius 1 is 1.50 bits per heavy atom. The molecule has 0 radical (unpaired) electrons. The first-order valence-electron chi connectivity index (χ1n) is 6.09. The lowest BCUT2D eigenvalue weighted by atomic mass is 10.0. The molecule has 2 fully saturated rings. The molecular weight excluding hydrogens is 236 g/mol. The fourth-order valence-electron chi connectivity index (χ4n) is 2.63.